The Morgan fingerprint density at radius 3 is 2.36 bits per heavy atom. The topological polar surface area (TPSA) is 20.2 Å². The average molecular weight is 270 g/mol. The maximum atomic E-state index is 9.71. The molecule has 2 atom stereocenters. The van der Waals surface area contributed by atoms with Gasteiger partial charge in [0.2, 0.25) is 0 Å². The van der Waals surface area contributed by atoms with Gasteiger partial charge in [-0.1, -0.05) is 0 Å². The third-order valence-electron chi connectivity index (χ3n) is 2.47. The zero-order valence-electron chi connectivity index (χ0n) is 7.25. The van der Waals surface area contributed by atoms with Crippen LogP contribution < -0.4 is 0 Å². The first-order valence-electron chi connectivity index (χ1n) is 4.55. The van der Waals surface area contributed by atoms with Crippen LogP contribution in [0.25, 0.3) is 0 Å². The van der Waals surface area contributed by atoms with Crippen LogP contribution in [0.5, 0.6) is 0 Å². The van der Waals surface area contributed by atoms with Crippen LogP contribution >= 0.6 is 0 Å². The Morgan fingerprint density at radius 2 is 1.73 bits per heavy atom. The molecule has 0 bridgehead atoms. The van der Waals surface area contributed by atoms with Gasteiger partial charge in [-0.25, -0.2) is 0 Å². The summed E-state index contributed by atoms with van der Waals surface area (Å²) in [6, 6.07) is 0. The van der Waals surface area contributed by atoms with Crippen LogP contribution in [-0.4, -0.2) is 32.1 Å². The Hall–Kier alpha value is 0.750. The van der Waals surface area contributed by atoms with Crippen molar-refractivity contribution >= 4 is 20.9 Å². The zero-order valence-corrected chi connectivity index (χ0v) is 9.58. The Labute approximate surface area is 79.7 Å². The van der Waals surface area contributed by atoms with Gasteiger partial charge in [0.25, 0.3) is 0 Å². The molecule has 1 saturated carbocycles. The normalized spacial score (nSPS) is 34.4. The quantitative estimate of drug-likeness (QED) is 0.724. The van der Waals surface area contributed by atoms with E-state index < -0.39 is 0 Å². The third-order valence-corrected chi connectivity index (χ3v) is 5.77. The summed E-state index contributed by atoms with van der Waals surface area (Å²) in [6.45, 7) is 0. The van der Waals surface area contributed by atoms with E-state index in [0.29, 0.717) is 0 Å². The maximum absolute atomic E-state index is 9.71. The molecule has 0 heterocycles. The number of hydrogen-bond acceptors (Lipinski definition) is 1. The van der Waals surface area contributed by atoms with Gasteiger partial charge in [-0.2, -0.15) is 0 Å². The van der Waals surface area contributed by atoms with Gasteiger partial charge in [-0.15, -0.1) is 0 Å². The van der Waals surface area contributed by atoms with Crippen molar-refractivity contribution < 1.29 is 5.11 Å². The Bertz CT molecular complexity index is 106. The molecule has 0 aromatic rings. The first kappa shape index (κ1) is 9.83. The second kappa shape index (κ2) is 5.40. The number of aliphatic hydroxyl groups excluding tert-OH is 1. The summed E-state index contributed by atoms with van der Waals surface area (Å²) in [4.78, 5) is 2.32. The zero-order chi connectivity index (χ0) is 8.10. The van der Waals surface area contributed by atoms with Crippen LogP contribution in [0.3, 0.4) is 0 Å². The molecule has 1 N–H and O–H groups in total. The molecule has 11 heavy (non-hydrogen) atoms. The minimum atomic E-state index is 0.0581. The molecular formula is C9H18OTe. The van der Waals surface area contributed by atoms with E-state index in [1.807, 2.05) is 0 Å². The van der Waals surface area contributed by atoms with Crippen molar-refractivity contribution in [3.05, 3.63) is 0 Å². The fraction of sp³-hybridized carbons (Fsp3) is 1.00. The van der Waals surface area contributed by atoms with Gasteiger partial charge in [0.05, 0.1) is 0 Å². The van der Waals surface area contributed by atoms with E-state index in [9.17, 15) is 5.11 Å². The summed E-state index contributed by atoms with van der Waals surface area (Å²) in [5.41, 5.74) is 0. The summed E-state index contributed by atoms with van der Waals surface area (Å²) >= 11 is 0.105. The Kier molecular flexibility index (Phi) is 4.83. The summed E-state index contributed by atoms with van der Waals surface area (Å²) < 4.78 is 0.723. The summed E-state index contributed by atoms with van der Waals surface area (Å²) in [5.74, 6) is 0. The van der Waals surface area contributed by atoms with Crippen molar-refractivity contribution in [2.24, 2.45) is 0 Å². The Balaban J connectivity index is 2.33. The molecule has 2 heteroatoms. The third kappa shape index (κ3) is 3.32. The number of hydrogen-bond donors (Lipinski definition) is 1. The molecule has 0 radical (unpaired) electrons. The molecule has 0 spiro atoms. The summed E-state index contributed by atoms with van der Waals surface area (Å²) in [7, 11) is 0. The minimum absolute atomic E-state index is 0.0581. The molecular weight excluding hydrogens is 252 g/mol. The monoisotopic (exact) mass is 272 g/mol. The van der Waals surface area contributed by atoms with Crippen LogP contribution in [0.15, 0.2) is 0 Å². The van der Waals surface area contributed by atoms with Crippen LogP contribution in [0.2, 0.25) is 8.94 Å². The van der Waals surface area contributed by atoms with Crippen molar-refractivity contribution in [1.29, 1.82) is 0 Å². The van der Waals surface area contributed by atoms with E-state index in [4.69, 9.17) is 0 Å². The molecule has 1 nitrogen and oxygen atoms in total. The van der Waals surface area contributed by atoms with Gasteiger partial charge >= 0.3 is 79.6 Å². The molecule has 1 fully saturated rings. The molecule has 0 aromatic heterocycles. The van der Waals surface area contributed by atoms with Gasteiger partial charge in [0.1, 0.15) is 0 Å². The second-order valence-corrected chi connectivity index (χ2v) is 6.41. The van der Waals surface area contributed by atoms with E-state index in [2.05, 4.69) is 4.97 Å². The number of rotatable bonds is 1. The van der Waals surface area contributed by atoms with Crippen molar-refractivity contribution in [2.75, 3.05) is 0 Å². The van der Waals surface area contributed by atoms with E-state index in [1.165, 1.54) is 32.1 Å². The van der Waals surface area contributed by atoms with Crippen molar-refractivity contribution in [3.63, 3.8) is 0 Å². The van der Waals surface area contributed by atoms with Crippen LogP contribution in [0.4, 0.5) is 0 Å². The molecule has 66 valence electrons. The van der Waals surface area contributed by atoms with Crippen LogP contribution in [0, 0.1) is 0 Å². The van der Waals surface area contributed by atoms with Gasteiger partial charge < -0.3 is 0 Å². The van der Waals surface area contributed by atoms with Crippen LogP contribution in [-0.2, 0) is 0 Å². The molecule has 0 amide bonds. The predicted molar refractivity (Wildman–Crippen MR) is 49.1 cm³/mol. The standard InChI is InChI=1S/C9H18OTe/c1-11-9-7-5-3-2-4-6-8(9)10/h8-10H,2-7H2,1H3. The van der Waals surface area contributed by atoms with Gasteiger partial charge in [-0.05, 0) is 0 Å². The molecule has 2 unspecified atom stereocenters. The van der Waals surface area contributed by atoms with Crippen molar-refractivity contribution in [2.45, 2.75) is 53.6 Å². The van der Waals surface area contributed by atoms with E-state index in [-0.39, 0.29) is 27.0 Å². The average Bonchev–Trinajstić information content (AvgIpc) is 1.98. The SMILES string of the molecule is C[Te]C1CCCCCCC1O. The summed E-state index contributed by atoms with van der Waals surface area (Å²) in [5, 5.41) is 9.71. The van der Waals surface area contributed by atoms with Crippen molar-refractivity contribution in [3.8, 4) is 0 Å². The fourth-order valence-electron chi connectivity index (χ4n) is 1.71. The molecule has 1 aliphatic carbocycles. The molecule has 1 aliphatic rings. The first-order valence-corrected chi connectivity index (χ1v) is 8.23. The van der Waals surface area contributed by atoms with Gasteiger partial charge in [0, 0.05) is 0 Å². The Morgan fingerprint density at radius 1 is 1.09 bits per heavy atom. The summed E-state index contributed by atoms with van der Waals surface area (Å²) in [6.07, 6.45) is 7.79. The molecule has 0 aliphatic heterocycles. The van der Waals surface area contributed by atoms with Crippen molar-refractivity contribution in [1.82, 2.24) is 0 Å². The molecule has 0 aromatic carbocycles. The van der Waals surface area contributed by atoms with Crippen LogP contribution in [0.1, 0.15) is 38.5 Å². The first-order chi connectivity index (χ1) is 5.34. The van der Waals surface area contributed by atoms with Gasteiger partial charge in [-0.3, -0.25) is 0 Å². The number of aliphatic hydroxyl groups is 1. The molecule has 1 rings (SSSR count). The van der Waals surface area contributed by atoms with E-state index in [1.54, 1.807) is 0 Å². The molecule has 0 saturated heterocycles. The van der Waals surface area contributed by atoms with E-state index in [0.717, 1.165) is 10.4 Å². The van der Waals surface area contributed by atoms with E-state index >= 15 is 0 Å². The van der Waals surface area contributed by atoms with Gasteiger partial charge in [0.15, 0.2) is 0 Å². The second-order valence-electron chi connectivity index (χ2n) is 3.33. The fourth-order valence-corrected chi connectivity index (χ4v) is 4.14. The predicted octanol–water partition coefficient (Wildman–Crippen LogP) is 2.24.